The molecule has 0 aliphatic heterocycles. The van der Waals surface area contributed by atoms with Crippen LogP contribution in [-0.4, -0.2) is 33.0 Å². The van der Waals surface area contributed by atoms with Crippen molar-refractivity contribution in [2.45, 2.75) is 6.54 Å². The quantitative estimate of drug-likeness (QED) is 0.783. The first-order valence-electron chi connectivity index (χ1n) is 6.50. The summed E-state index contributed by atoms with van der Waals surface area (Å²) in [6.07, 6.45) is 4.91. The highest BCUT2D eigenvalue weighted by molar-refractivity contribution is 7.16. The van der Waals surface area contributed by atoms with E-state index in [0.29, 0.717) is 11.6 Å². The standard InChI is InChI=1S/C15H13N3O3S/c1-21-12-4-2-10(3-5-12)8-18-9-11(6-17-18)14-16-7-13(22-14)15(19)20/h2-7,9H,8H2,1H3,(H,19,20). The van der Waals surface area contributed by atoms with Crippen LogP contribution in [0.25, 0.3) is 10.6 Å². The average molecular weight is 315 g/mol. The third kappa shape index (κ3) is 2.99. The highest BCUT2D eigenvalue weighted by atomic mass is 32.1. The number of benzene rings is 1. The fourth-order valence-corrected chi connectivity index (χ4v) is 2.71. The number of thiazole rings is 1. The van der Waals surface area contributed by atoms with Gasteiger partial charge in [-0.2, -0.15) is 5.10 Å². The Morgan fingerprint density at radius 2 is 2.09 bits per heavy atom. The lowest BCUT2D eigenvalue weighted by molar-refractivity contribution is 0.0702. The molecule has 3 rings (SSSR count). The van der Waals surface area contributed by atoms with Crippen LogP contribution in [0.5, 0.6) is 5.75 Å². The second-order valence-electron chi connectivity index (χ2n) is 4.61. The van der Waals surface area contributed by atoms with Crippen molar-refractivity contribution in [2.75, 3.05) is 7.11 Å². The van der Waals surface area contributed by atoms with Crippen molar-refractivity contribution in [3.63, 3.8) is 0 Å². The Hall–Kier alpha value is -2.67. The molecule has 0 saturated heterocycles. The van der Waals surface area contributed by atoms with Gasteiger partial charge in [0.15, 0.2) is 0 Å². The molecular formula is C15H13N3O3S. The maximum atomic E-state index is 10.9. The van der Waals surface area contributed by atoms with Gasteiger partial charge in [0.2, 0.25) is 0 Å². The van der Waals surface area contributed by atoms with E-state index >= 15 is 0 Å². The number of ether oxygens (including phenoxy) is 1. The molecule has 0 amide bonds. The third-order valence-electron chi connectivity index (χ3n) is 3.10. The highest BCUT2D eigenvalue weighted by Gasteiger charge is 2.11. The largest absolute Gasteiger partial charge is 0.497 e. The summed E-state index contributed by atoms with van der Waals surface area (Å²) in [5, 5.41) is 13.9. The maximum absolute atomic E-state index is 10.9. The van der Waals surface area contributed by atoms with Crippen molar-refractivity contribution in [3.05, 3.63) is 53.3 Å². The van der Waals surface area contributed by atoms with Crippen LogP contribution in [0.15, 0.2) is 42.9 Å². The summed E-state index contributed by atoms with van der Waals surface area (Å²) < 4.78 is 6.92. The molecule has 7 heteroatoms. The van der Waals surface area contributed by atoms with E-state index in [1.807, 2.05) is 30.5 Å². The van der Waals surface area contributed by atoms with Crippen molar-refractivity contribution >= 4 is 17.3 Å². The molecule has 1 aromatic carbocycles. The Labute approximate surface area is 130 Å². The SMILES string of the molecule is COc1ccc(Cn2cc(-c3ncc(C(=O)O)s3)cn2)cc1. The molecule has 0 spiro atoms. The summed E-state index contributed by atoms with van der Waals surface area (Å²) in [7, 11) is 1.63. The molecule has 22 heavy (non-hydrogen) atoms. The lowest BCUT2D eigenvalue weighted by atomic mass is 10.2. The fraction of sp³-hybridized carbons (Fsp3) is 0.133. The first kappa shape index (κ1) is 14.3. The van der Waals surface area contributed by atoms with Gasteiger partial charge in [-0.1, -0.05) is 12.1 Å². The van der Waals surface area contributed by atoms with Crippen molar-refractivity contribution in [3.8, 4) is 16.3 Å². The zero-order valence-corrected chi connectivity index (χ0v) is 12.6. The van der Waals surface area contributed by atoms with Crippen LogP contribution >= 0.6 is 11.3 Å². The van der Waals surface area contributed by atoms with Gasteiger partial charge in [-0.25, -0.2) is 9.78 Å². The fourth-order valence-electron chi connectivity index (χ4n) is 1.98. The number of hydrogen-bond acceptors (Lipinski definition) is 5. The second-order valence-corrected chi connectivity index (χ2v) is 5.64. The van der Waals surface area contributed by atoms with Crippen LogP contribution in [0.4, 0.5) is 0 Å². The predicted molar refractivity (Wildman–Crippen MR) is 82.4 cm³/mol. The van der Waals surface area contributed by atoms with Gasteiger partial charge in [-0.05, 0) is 17.7 Å². The smallest absolute Gasteiger partial charge is 0.347 e. The van der Waals surface area contributed by atoms with Gasteiger partial charge in [-0.15, -0.1) is 11.3 Å². The van der Waals surface area contributed by atoms with Gasteiger partial charge in [-0.3, -0.25) is 4.68 Å². The number of carboxylic acid groups (broad SMARTS) is 1. The minimum Gasteiger partial charge on any atom is -0.497 e. The maximum Gasteiger partial charge on any atom is 0.347 e. The monoisotopic (exact) mass is 315 g/mol. The van der Waals surface area contributed by atoms with E-state index in [2.05, 4.69) is 10.1 Å². The van der Waals surface area contributed by atoms with Crippen LogP contribution < -0.4 is 4.74 Å². The van der Waals surface area contributed by atoms with Crippen LogP contribution in [0.1, 0.15) is 15.2 Å². The Morgan fingerprint density at radius 3 is 2.73 bits per heavy atom. The van der Waals surface area contributed by atoms with Gasteiger partial charge in [0.1, 0.15) is 15.6 Å². The molecular weight excluding hydrogens is 302 g/mol. The molecule has 0 unspecified atom stereocenters. The van der Waals surface area contributed by atoms with E-state index in [4.69, 9.17) is 9.84 Å². The zero-order chi connectivity index (χ0) is 15.5. The van der Waals surface area contributed by atoms with E-state index in [1.165, 1.54) is 6.20 Å². The van der Waals surface area contributed by atoms with Crippen LogP contribution in [-0.2, 0) is 6.54 Å². The lowest BCUT2D eigenvalue weighted by Crippen LogP contribution is -1.99. The molecule has 0 saturated carbocycles. The normalized spacial score (nSPS) is 10.6. The summed E-state index contributed by atoms with van der Waals surface area (Å²) in [5.41, 5.74) is 1.91. The number of methoxy groups -OCH3 is 1. The van der Waals surface area contributed by atoms with E-state index in [-0.39, 0.29) is 4.88 Å². The molecule has 1 N–H and O–H groups in total. The summed E-state index contributed by atoms with van der Waals surface area (Å²) in [6.45, 7) is 0.626. The molecule has 3 aromatic rings. The Morgan fingerprint density at radius 1 is 1.32 bits per heavy atom. The molecule has 2 aromatic heterocycles. The molecule has 0 atom stereocenters. The van der Waals surface area contributed by atoms with Crippen molar-refractivity contribution in [1.82, 2.24) is 14.8 Å². The molecule has 6 nitrogen and oxygen atoms in total. The van der Waals surface area contributed by atoms with E-state index in [1.54, 1.807) is 18.0 Å². The first-order valence-corrected chi connectivity index (χ1v) is 7.32. The van der Waals surface area contributed by atoms with Crippen LogP contribution in [0, 0.1) is 0 Å². The van der Waals surface area contributed by atoms with Crippen molar-refractivity contribution < 1.29 is 14.6 Å². The van der Waals surface area contributed by atoms with Crippen molar-refractivity contribution in [1.29, 1.82) is 0 Å². The summed E-state index contributed by atoms with van der Waals surface area (Å²) >= 11 is 1.14. The van der Waals surface area contributed by atoms with Crippen LogP contribution in [0.3, 0.4) is 0 Å². The van der Waals surface area contributed by atoms with Gasteiger partial charge in [0.05, 0.1) is 26.0 Å². The molecule has 0 aliphatic carbocycles. The second kappa shape index (κ2) is 5.98. The molecule has 0 aliphatic rings. The molecule has 2 heterocycles. The highest BCUT2D eigenvalue weighted by Crippen LogP contribution is 2.24. The third-order valence-corrected chi connectivity index (χ3v) is 4.13. The predicted octanol–water partition coefficient (Wildman–Crippen LogP) is 2.76. The topological polar surface area (TPSA) is 77.2 Å². The Balaban J connectivity index is 1.76. The first-order chi connectivity index (χ1) is 10.7. The summed E-state index contributed by atoms with van der Waals surface area (Å²) in [4.78, 5) is 15.2. The number of carbonyl (C=O) groups is 1. The van der Waals surface area contributed by atoms with Gasteiger partial charge < -0.3 is 9.84 Å². The molecule has 0 radical (unpaired) electrons. The lowest BCUT2D eigenvalue weighted by Gasteiger charge is -2.03. The number of carboxylic acids is 1. The number of hydrogen-bond donors (Lipinski definition) is 1. The number of aromatic nitrogens is 3. The minimum atomic E-state index is -0.964. The zero-order valence-electron chi connectivity index (χ0n) is 11.8. The summed E-state index contributed by atoms with van der Waals surface area (Å²) in [5.74, 6) is -0.150. The average Bonchev–Trinajstić information content (AvgIpc) is 3.16. The minimum absolute atomic E-state index is 0.220. The Kier molecular flexibility index (Phi) is 3.88. The molecule has 112 valence electrons. The number of nitrogens with zero attached hydrogens (tertiary/aromatic N) is 3. The summed E-state index contributed by atoms with van der Waals surface area (Å²) in [6, 6.07) is 7.76. The number of rotatable bonds is 5. The van der Waals surface area contributed by atoms with E-state index in [0.717, 1.165) is 28.2 Å². The Bertz CT molecular complexity index is 792. The van der Waals surface area contributed by atoms with E-state index in [9.17, 15) is 4.79 Å². The van der Waals surface area contributed by atoms with Gasteiger partial charge in [0.25, 0.3) is 0 Å². The molecule has 0 fully saturated rings. The van der Waals surface area contributed by atoms with Gasteiger partial charge in [0, 0.05) is 11.8 Å². The van der Waals surface area contributed by atoms with Gasteiger partial charge >= 0.3 is 5.97 Å². The number of aromatic carboxylic acids is 1. The molecule has 0 bridgehead atoms. The van der Waals surface area contributed by atoms with Crippen molar-refractivity contribution in [2.24, 2.45) is 0 Å². The van der Waals surface area contributed by atoms with E-state index < -0.39 is 5.97 Å². The van der Waals surface area contributed by atoms with Crippen LogP contribution in [0.2, 0.25) is 0 Å².